The second-order valence-corrected chi connectivity index (χ2v) is 9.02. The molecule has 2 saturated heterocycles. The highest BCUT2D eigenvalue weighted by Gasteiger charge is 2.45. The van der Waals surface area contributed by atoms with Gasteiger partial charge in [-0.2, -0.15) is 0 Å². The average Bonchev–Trinajstić information content (AvgIpc) is 3.51. The molecule has 5 rings (SSSR count). The largest absolute Gasteiger partial charge is 0.491 e. The standard InChI is InChI=1S/C24H22Cl2N4O5/c25-16-1-6-20(21(26)11-16)24(14-29-9-7-27-15-29)34-13-19(35-24)12-33-18-4-2-17(3-5-18)30-10-8-28-22(31)23(30)32/h1-7,9,11,15,19H,8,10,12-14H2,(H,28,31)/t19-,24-/m1/s1. The van der Waals surface area contributed by atoms with Crippen molar-refractivity contribution in [2.24, 2.45) is 0 Å². The molecule has 0 spiro atoms. The fourth-order valence-corrected chi connectivity index (χ4v) is 4.67. The second-order valence-electron chi connectivity index (χ2n) is 8.18. The van der Waals surface area contributed by atoms with Crippen LogP contribution < -0.4 is 15.0 Å². The van der Waals surface area contributed by atoms with Crippen LogP contribution in [0.2, 0.25) is 10.0 Å². The average molecular weight is 517 g/mol. The molecule has 35 heavy (non-hydrogen) atoms. The summed E-state index contributed by atoms with van der Waals surface area (Å²) >= 11 is 12.6. The molecule has 11 heteroatoms. The predicted octanol–water partition coefficient (Wildman–Crippen LogP) is 3.00. The van der Waals surface area contributed by atoms with Crippen molar-refractivity contribution in [3.8, 4) is 5.75 Å². The molecule has 2 fully saturated rings. The van der Waals surface area contributed by atoms with E-state index in [2.05, 4.69) is 10.3 Å². The van der Waals surface area contributed by atoms with Crippen LogP contribution in [-0.2, 0) is 31.4 Å². The van der Waals surface area contributed by atoms with E-state index < -0.39 is 17.6 Å². The molecule has 3 heterocycles. The third-order valence-electron chi connectivity index (χ3n) is 5.80. The highest BCUT2D eigenvalue weighted by atomic mass is 35.5. The van der Waals surface area contributed by atoms with Gasteiger partial charge in [0, 0.05) is 41.8 Å². The summed E-state index contributed by atoms with van der Waals surface area (Å²) < 4.78 is 20.3. The Morgan fingerprint density at radius 2 is 2.00 bits per heavy atom. The monoisotopic (exact) mass is 516 g/mol. The number of halogens is 2. The summed E-state index contributed by atoms with van der Waals surface area (Å²) in [7, 11) is 0. The number of hydrogen-bond donors (Lipinski definition) is 1. The lowest BCUT2D eigenvalue weighted by Crippen LogP contribution is -2.52. The Morgan fingerprint density at radius 3 is 2.74 bits per heavy atom. The van der Waals surface area contributed by atoms with Gasteiger partial charge in [-0.25, -0.2) is 4.98 Å². The summed E-state index contributed by atoms with van der Waals surface area (Å²) in [6.45, 7) is 1.71. The van der Waals surface area contributed by atoms with Gasteiger partial charge in [-0.3, -0.25) is 9.59 Å². The molecule has 3 aromatic rings. The number of rotatable bonds is 7. The van der Waals surface area contributed by atoms with Crippen LogP contribution in [-0.4, -0.2) is 53.8 Å². The molecule has 2 amide bonds. The van der Waals surface area contributed by atoms with E-state index in [9.17, 15) is 9.59 Å². The van der Waals surface area contributed by atoms with Crippen LogP contribution in [0.25, 0.3) is 0 Å². The molecule has 182 valence electrons. The van der Waals surface area contributed by atoms with E-state index >= 15 is 0 Å². The number of aromatic nitrogens is 2. The van der Waals surface area contributed by atoms with Crippen molar-refractivity contribution in [2.45, 2.75) is 18.4 Å². The molecule has 2 aliphatic rings. The summed E-state index contributed by atoms with van der Waals surface area (Å²) in [5.41, 5.74) is 1.30. The molecule has 2 aliphatic heterocycles. The predicted molar refractivity (Wildman–Crippen MR) is 128 cm³/mol. The zero-order chi connectivity index (χ0) is 24.4. The third kappa shape index (κ3) is 4.99. The number of nitrogens with one attached hydrogen (secondary N) is 1. The molecular formula is C24H22Cl2N4O5. The quantitative estimate of drug-likeness (QED) is 0.485. The summed E-state index contributed by atoms with van der Waals surface area (Å²) in [5.74, 6) is -1.70. The zero-order valence-electron chi connectivity index (χ0n) is 18.5. The number of piperazine rings is 1. The number of ether oxygens (including phenoxy) is 3. The van der Waals surface area contributed by atoms with Crippen molar-refractivity contribution in [3.05, 3.63) is 76.8 Å². The maximum Gasteiger partial charge on any atom is 0.316 e. The number of nitrogens with zero attached hydrogens (tertiary/aromatic N) is 3. The van der Waals surface area contributed by atoms with E-state index in [-0.39, 0.29) is 12.7 Å². The zero-order valence-corrected chi connectivity index (χ0v) is 20.0. The molecule has 0 saturated carbocycles. The van der Waals surface area contributed by atoms with Gasteiger partial charge in [0.1, 0.15) is 18.5 Å². The normalized spacial score (nSPS) is 22.3. The SMILES string of the molecule is O=C1NCCN(c2ccc(OC[C@@H]3CO[C@@](Cn4ccnc4)(c4ccc(Cl)cc4Cl)O3)cc2)C1=O. The highest BCUT2D eigenvalue weighted by molar-refractivity contribution is 6.41. The van der Waals surface area contributed by atoms with Crippen LogP contribution in [0, 0.1) is 0 Å². The Labute approximate surface area is 211 Å². The fourth-order valence-electron chi connectivity index (χ4n) is 4.11. The molecule has 1 N–H and O–H groups in total. The molecular weight excluding hydrogens is 495 g/mol. The van der Waals surface area contributed by atoms with Crippen molar-refractivity contribution in [2.75, 3.05) is 31.2 Å². The number of anilines is 1. The Balaban J connectivity index is 1.27. The van der Waals surface area contributed by atoms with E-state index in [1.54, 1.807) is 55.0 Å². The van der Waals surface area contributed by atoms with E-state index in [0.717, 1.165) is 0 Å². The fraction of sp³-hybridized carbons (Fsp3) is 0.292. The number of carbonyl (C=O) groups excluding carboxylic acids is 2. The Bertz CT molecular complexity index is 1220. The molecule has 1 aromatic heterocycles. The van der Waals surface area contributed by atoms with E-state index in [0.29, 0.717) is 53.3 Å². The van der Waals surface area contributed by atoms with E-state index in [1.807, 2.05) is 10.8 Å². The maximum absolute atomic E-state index is 12.1. The Kier molecular flexibility index (Phi) is 6.66. The molecule has 0 aliphatic carbocycles. The van der Waals surface area contributed by atoms with Gasteiger partial charge >= 0.3 is 11.8 Å². The van der Waals surface area contributed by atoms with Crippen LogP contribution in [0.15, 0.2) is 61.2 Å². The van der Waals surface area contributed by atoms with Gasteiger partial charge in [0.25, 0.3) is 0 Å². The maximum atomic E-state index is 12.1. The van der Waals surface area contributed by atoms with Crippen LogP contribution in [0.4, 0.5) is 5.69 Å². The summed E-state index contributed by atoms with van der Waals surface area (Å²) in [4.78, 5) is 29.2. The van der Waals surface area contributed by atoms with E-state index in [1.165, 1.54) is 4.90 Å². The lowest BCUT2D eigenvalue weighted by atomic mass is 10.1. The van der Waals surface area contributed by atoms with Gasteiger partial charge < -0.3 is 29.0 Å². The minimum absolute atomic E-state index is 0.237. The highest BCUT2D eigenvalue weighted by Crippen LogP contribution is 2.40. The number of carbonyl (C=O) groups is 2. The number of benzene rings is 2. The first kappa shape index (κ1) is 23.6. The van der Waals surface area contributed by atoms with Crippen molar-refractivity contribution in [1.82, 2.24) is 14.9 Å². The summed E-state index contributed by atoms with van der Waals surface area (Å²) in [5, 5.41) is 3.49. The minimum atomic E-state index is -1.13. The van der Waals surface area contributed by atoms with Crippen LogP contribution >= 0.6 is 23.2 Å². The third-order valence-corrected chi connectivity index (χ3v) is 6.34. The molecule has 2 aromatic carbocycles. The minimum Gasteiger partial charge on any atom is -0.491 e. The first-order chi connectivity index (χ1) is 16.9. The van der Waals surface area contributed by atoms with Gasteiger partial charge in [0.15, 0.2) is 0 Å². The van der Waals surface area contributed by atoms with Crippen molar-refractivity contribution < 1.29 is 23.8 Å². The Morgan fingerprint density at radius 1 is 1.17 bits per heavy atom. The molecule has 2 atom stereocenters. The Hall–Kier alpha value is -3.11. The molecule has 0 bridgehead atoms. The van der Waals surface area contributed by atoms with Crippen molar-refractivity contribution >= 4 is 40.7 Å². The molecule has 0 unspecified atom stereocenters. The molecule has 0 radical (unpaired) electrons. The van der Waals surface area contributed by atoms with Gasteiger partial charge in [-0.1, -0.05) is 29.3 Å². The van der Waals surface area contributed by atoms with E-state index in [4.69, 9.17) is 37.4 Å². The number of hydrogen-bond acceptors (Lipinski definition) is 6. The number of imidazole rings is 1. The second kappa shape index (κ2) is 9.87. The van der Waals surface area contributed by atoms with Crippen molar-refractivity contribution in [1.29, 1.82) is 0 Å². The lowest BCUT2D eigenvalue weighted by molar-refractivity contribution is -0.189. The summed E-state index contributed by atoms with van der Waals surface area (Å²) in [6, 6.07) is 12.2. The van der Waals surface area contributed by atoms with Gasteiger partial charge in [-0.15, -0.1) is 0 Å². The van der Waals surface area contributed by atoms with Gasteiger partial charge in [-0.05, 0) is 36.4 Å². The van der Waals surface area contributed by atoms with Crippen LogP contribution in [0.3, 0.4) is 0 Å². The topological polar surface area (TPSA) is 94.9 Å². The summed E-state index contributed by atoms with van der Waals surface area (Å²) in [6.07, 6.45) is 4.82. The van der Waals surface area contributed by atoms with Crippen LogP contribution in [0.5, 0.6) is 5.75 Å². The molecule has 9 nitrogen and oxygen atoms in total. The first-order valence-corrected chi connectivity index (χ1v) is 11.7. The van der Waals surface area contributed by atoms with Gasteiger partial charge in [0.05, 0.1) is 24.5 Å². The van der Waals surface area contributed by atoms with Crippen molar-refractivity contribution in [3.63, 3.8) is 0 Å². The van der Waals surface area contributed by atoms with Crippen LogP contribution in [0.1, 0.15) is 5.56 Å². The number of amides is 2. The lowest BCUT2D eigenvalue weighted by Gasteiger charge is -2.30. The smallest absolute Gasteiger partial charge is 0.316 e. The first-order valence-electron chi connectivity index (χ1n) is 11.0. The van der Waals surface area contributed by atoms with Gasteiger partial charge in [0.2, 0.25) is 5.79 Å².